The van der Waals surface area contributed by atoms with Gasteiger partial charge in [0.2, 0.25) is 0 Å². The van der Waals surface area contributed by atoms with E-state index in [1.807, 2.05) is 42.5 Å². The first-order valence-corrected chi connectivity index (χ1v) is 12.8. The number of fused-ring (bicyclic) bond motifs is 1. The maximum atomic E-state index is 12.9. The van der Waals surface area contributed by atoms with Crippen LogP contribution in [0.5, 0.6) is 5.75 Å². The molecule has 0 radical (unpaired) electrons. The minimum Gasteiger partial charge on any atom is -0.489 e. The molecule has 8 heteroatoms. The monoisotopic (exact) mass is 550 g/mol. The summed E-state index contributed by atoms with van der Waals surface area (Å²) in [5.74, 6) is -1.13. The molecule has 7 nitrogen and oxygen atoms in total. The highest BCUT2D eigenvalue weighted by Crippen LogP contribution is 2.28. The Morgan fingerprint density at radius 2 is 1.57 bits per heavy atom. The molecule has 0 saturated carbocycles. The summed E-state index contributed by atoms with van der Waals surface area (Å²) >= 11 is 5.98. The van der Waals surface area contributed by atoms with E-state index < -0.39 is 17.9 Å². The Bertz CT molecular complexity index is 1700. The number of amides is 1. The van der Waals surface area contributed by atoms with Crippen molar-refractivity contribution in [1.29, 1.82) is 5.26 Å². The number of benzene rings is 4. The van der Waals surface area contributed by atoms with Gasteiger partial charge in [0.1, 0.15) is 24.0 Å². The number of ether oxygens (including phenoxy) is 1. The minimum atomic E-state index is -1.16. The molecule has 198 valence electrons. The lowest BCUT2D eigenvalue weighted by molar-refractivity contribution is -0.139. The van der Waals surface area contributed by atoms with Crippen molar-refractivity contribution in [3.05, 3.63) is 125 Å². The number of halogens is 1. The first-order chi connectivity index (χ1) is 19.4. The first-order valence-electron chi connectivity index (χ1n) is 12.4. The molecule has 1 heterocycles. The van der Waals surface area contributed by atoms with Crippen LogP contribution in [0.15, 0.2) is 101 Å². The average molecular weight is 551 g/mol. The van der Waals surface area contributed by atoms with Crippen molar-refractivity contribution in [3.8, 4) is 22.9 Å². The minimum absolute atomic E-state index is 0.0288. The maximum absolute atomic E-state index is 12.9. The Balaban J connectivity index is 1.22. The summed E-state index contributed by atoms with van der Waals surface area (Å²) < 4.78 is 11.6. The molecule has 2 N–H and O–H groups in total. The van der Waals surface area contributed by atoms with E-state index in [4.69, 9.17) is 26.0 Å². The third-order valence-corrected chi connectivity index (χ3v) is 6.63. The summed E-state index contributed by atoms with van der Waals surface area (Å²) in [4.78, 5) is 24.8. The average Bonchev–Trinajstić information content (AvgIpc) is 3.41. The Labute approximate surface area is 235 Å². The molecule has 40 heavy (non-hydrogen) atoms. The van der Waals surface area contributed by atoms with Crippen LogP contribution in [0.2, 0.25) is 5.02 Å². The zero-order valence-electron chi connectivity index (χ0n) is 21.1. The standard InChI is InChI=1S/C32H23ClN2O5/c33-26-11-9-23(10-12-26)24-7-8-25-17-30(40-29(25)16-24)31(36)35-28(32(37)38)15-20-5-13-27(14-6-20)39-19-22-3-1-21(18-34)2-4-22/h1-14,16-17,28H,15,19H2,(H,35,36)(H,37,38)/t28-/m0/s1. The van der Waals surface area contributed by atoms with Crippen molar-refractivity contribution < 1.29 is 23.8 Å². The third-order valence-electron chi connectivity index (χ3n) is 6.38. The van der Waals surface area contributed by atoms with Crippen molar-refractivity contribution in [1.82, 2.24) is 5.32 Å². The van der Waals surface area contributed by atoms with Crippen LogP contribution in [0.25, 0.3) is 22.1 Å². The highest BCUT2D eigenvalue weighted by Gasteiger charge is 2.23. The van der Waals surface area contributed by atoms with Crippen molar-refractivity contribution in [2.45, 2.75) is 19.1 Å². The van der Waals surface area contributed by atoms with Crippen LogP contribution in [0, 0.1) is 11.3 Å². The molecule has 1 atom stereocenters. The lowest BCUT2D eigenvalue weighted by atomic mass is 10.0. The number of nitrogens with one attached hydrogen (secondary N) is 1. The van der Waals surface area contributed by atoms with Crippen LogP contribution in [0.1, 0.15) is 27.2 Å². The van der Waals surface area contributed by atoms with E-state index in [-0.39, 0.29) is 12.2 Å². The van der Waals surface area contributed by atoms with Gasteiger partial charge in [-0.3, -0.25) is 4.79 Å². The number of aliphatic carboxylic acids is 1. The van der Waals surface area contributed by atoms with E-state index in [0.717, 1.165) is 27.6 Å². The lowest BCUT2D eigenvalue weighted by Crippen LogP contribution is -2.42. The third kappa shape index (κ3) is 6.32. The summed E-state index contributed by atoms with van der Waals surface area (Å²) in [6.45, 7) is 0.331. The Morgan fingerprint density at radius 1 is 0.900 bits per heavy atom. The molecule has 0 fully saturated rings. The molecule has 0 saturated heterocycles. The number of carboxylic acids is 1. The first kappa shape index (κ1) is 26.5. The van der Waals surface area contributed by atoms with Crippen molar-refractivity contribution >= 4 is 34.4 Å². The number of nitriles is 1. The molecule has 0 aliphatic carbocycles. The quantitative estimate of drug-likeness (QED) is 0.213. The molecule has 4 aromatic carbocycles. The Kier molecular flexibility index (Phi) is 7.81. The van der Waals surface area contributed by atoms with Crippen molar-refractivity contribution in [3.63, 3.8) is 0 Å². The van der Waals surface area contributed by atoms with Gasteiger partial charge in [-0.05, 0) is 70.8 Å². The second-order valence-corrected chi connectivity index (χ2v) is 9.62. The summed E-state index contributed by atoms with van der Waals surface area (Å²) in [7, 11) is 0. The van der Waals surface area contributed by atoms with Crippen molar-refractivity contribution in [2.24, 2.45) is 0 Å². The van der Waals surface area contributed by atoms with Gasteiger partial charge in [0.05, 0.1) is 11.6 Å². The molecule has 0 aliphatic rings. The van der Waals surface area contributed by atoms with E-state index in [2.05, 4.69) is 11.4 Å². The Hall–Kier alpha value is -5.06. The summed E-state index contributed by atoms with van der Waals surface area (Å²) in [5, 5.41) is 22.6. The Morgan fingerprint density at radius 3 is 2.25 bits per heavy atom. The zero-order chi connectivity index (χ0) is 28.1. The predicted octanol–water partition coefficient (Wildman–Crippen LogP) is 6.63. The number of carbonyl (C=O) groups excluding carboxylic acids is 1. The van der Waals surface area contributed by atoms with Gasteiger partial charge in [-0.2, -0.15) is 5.26 Å². The molecule has 5 rings (SSSR count). The molecule has 0 unspecified atom stereocenters. The molecular formula is C32H23ClN2O5. The van der Waals surface area contributed by atoms with Gasteiger partial charge in [0.15, 0.2) is 5.76 Å². The normalized spacial score (nSPS) is 11.5. The van der Waals surface area contributed by atoms with Gasteiger partial charge < -0.3 is 19.6 Å². The number of hydrogen-bond donors (Lipinski definition) is 2. The predicted molar refractivity (Wildman–Crippen MR) is 151 cm³/mol. The molecule has 5 aromatic rings. The summed E-state index contributed by atoms with van der Waals surface area (Å²) in [6.07, 6.45) is 0.0813. The molecule has 0 bridgehead atoms. The second-order valence-electron chi connectivity index (χ2n) is 9.18. The fourth-order valence-electron chi connectivity index (χ4n) is 4.19. The number of carbonyl (C=O) groups is 2. The highest BCUT2D eigenvalue weighted by atomic mass is 35.5. The van der Waals surface area contributed by atoms with Crippen LogP contribution >= 0.6 is 11.6 Å². The number of nitrogens with zero attached hydrogens (tertiary/aromatic N) is 1. The van der Waals surface area contributed by atoms with E-state index in [1.165, 1.54) is 0 Å². The van der Waals surface area contributed by atoms with Gasteiger partial charge in [-0.15, -0.1) is 0 Å². The molecule has 1 amide bonds. The largest absolute Gasteiger partial charge is 0.489 e. The molecule has 0 spiro atoms. The fourth-order valence-corrected chi connectivity index (χ4v) is 4.32. The summed E-state index contributed by atoms with van der Waals surface area (Å²) in [5.41, 5.74) is 4.58. The SMILES string of the molecule is N#Cc1ccc(COc2ccc(C[C@H](NC(=O)c3cc4ccc(-c5ccc(Cl)cc5)cc4o3)C(=O)O)cc2)cc1. The van der Waals surface area contributed by atoms with Crippen LogP contribution in [-0.2, 0) is 17.8 Å². The fraction of sp³-hybridized carbons (Fsp3) is 0.0938. The molecule has 1 aromatic heterocycles. The van der Waals surface area contributed by atoms with Crippen molar-refractivity contribution in [2.75, 3.05) is 0 Å². The topological polar surface area (TPSA) is 113 Å². The van der Waals surface area contributed by atoms with Crippen LogP contribution in [0.4, 0.5) is 0 Å². The number of carboxylic acid groups (broad SMARTS) is 1. The second kappa shape index (κ2) is 11.8. The highest BCUT2D eigenvalue weighted by molar-refractivity contribution is 6.30. The van der Waals surface area contributed by atoms with Gasteiger partial charge in [-0.25, -0.2) is 4.79 Å². The smallest absolute Gasteiger partial charge is 0.326 e. The maximum Gasteiger partial charge on any atom is 0.326 e. The van der Waals surface area contributed by atoms with E-state index in [0.29, 0.717) is 28.5 Å². The number of hydrogen-bond acceptors (Lipinski definition) is 5. The van der Waals surface area contributed by atoms with Gasteiger partial charge in [0, 0.05) is 16.8 Å². The van der Waals surface area contributed by atoms with E-state index in [1.54, 1.807) is 54.6 Å². The molecule has 0 aliphatic heterocycles. The summed E-state index contributed by atoms with van der Waals surface area (Å²) in [6, 6.07) is 29.6. The number of furan rings is 1. The zero-order valence-corrected chi connectivity index (χ0v) is 21.9. The lowest BCUT2D eigenvalue weighted by Gasteiger charge is -2.14. The van der Waals surface area contributed by atoms with Crippen LogP contribution in [0.3, 0.4) is 0 Å². The van der Waals surface area contributed by atoms with Gasteiger partial charge in [-0.1, -0.05) is 60.1 Å². The number of rotatable bonds is 9. The van der Waals surface area contributed by atoms with E-state index in [9.17, 15) is 14.7 Å². The van der Waals surface area contributed by atoms with Crippen LogP contribution < -0.4 is 10.1 Å². The van der Waals surface area contributed by atoms with E-state index >= 15 is 0 Å². The van der Waals surface area contributed by atoms with Crippen LogP contribution in [-0.4, -0.2) is 23.0 Å². The van der Waals surface area contributed by atoms with Gasteiger partial charge in [0.25, 0.3) is 5.91 Å². The molecular weight excluding hydrogens is 528 g/mol. The van der Waals surface area contributed by atoms with Gasteiger partial charge >= 0.3 is 5.97 Å².